The molecule has 0 radical (unpaired) electrons. The Labute approximate surface area is 113 Å². The van der Waals surface area contributed by atoms with Crippen molar-refractivity contribution in [3.8, 4) is 0 Å². The van der Waals surface area contributed by atoms with Crippen molar-refractivity contribution < 1.29 is 0 Å². The maximum Gasteiger partial charge on any atom is 0.0426 e. The SMILES string of the molecule is CNC(c1ccsc1C)C1(c2ccccc2)CC1. The summed E-state index contributed by atoms with van der Waals surface area (Å²) in [5, 5.41) is 5.76. The first-order chi connectivity index (χ1) is 8.78. The molecule has 1 aromatic heterocycles. The maximum atomic E-state index is 3.55. The van der Waals surface area contributed by atoms with Crippen LogP contribution in [-0.4, -0.2) is 7.05 Å². The fourth-order valence-corrected chi connectivity index (χ4v) is 3.81. The molecule has 1 saturated carbocycles. The van der Waals surface area contributed by atoms with Crippen molar-refractivity contribution in [2.24, 2.45) is 0 Å². The molecule has 1 aliphatic carbocycles. The van der Waals surface area contributed by atoms with E-state index in [2.05, 4.69) is 61.1 Å². The number of benzene rings is 1. The molecule has 94 valence electrons. The van der Waals surface area contributed by atoms with Crippen LogP contribution in [0.4, 0.5) is 0 Å². The average Bonchev–Trinajstić information content (AvgIpc) is 3.10. The number of hydrogen-bond donors (Lipinski definition) is 1. The van der Waals surface area contributed by atoms with Crippen molar-refractivity contribution >= 4 is 11.3 Å². The second kappa shape index (κ2) is 4.52. The summed E-state index contributed by atoms with van der Waals surface area (Å²) >= 11 is 1.85. The summed E-state index contributed by atoms with van der Waals surface area (Å²) < 4.78 is 0. The highest BCUT2D eigenvalue weighted by Gasteiger charge is 2.51. The van der Waals surface area contributed by atoms with Gasteiger partial charge in [0.1, 0.15) is 0 Å². The minimum atomic E-state index is 0.321. The van der Waals surface area contributed by atoms with Crippen LogP contribution in [0.1, 0.15) is 34.9 Å². The third-order valence-corrected chi connectivity index (χ3v) is 5.05. The Morgan fingerprint density at radius 3 is 2.39 bits per heavy atom. The van der Waals surface area contributed by atoms with E-state index in [0.717, 1.165) is 0 Å². The lowest BCUT2D eigenvalue weighted by Crippen LogP contribution is -2.29. The van der Waals surface area contributed by atoms with E-state index in [1.807, 2.05) is 11.3 Å². The summed E-state index contributed by atoms with van der Waals surface area (Å²) in [6.07, 6.45) is 2.58. The number of hydrogen-bond acceptors (Lipinski definition) is 2. The molecule has 1 N–H and O–H groups in total. The summed E-state index contributed by atoms with van der Waals surface area (Å²) in [5.74, 6) is 0. The zero-order valence-corrected chi connectivity index (χ0v) is 11.8. The maximum absolute atomic E-state index is 3.55. The van der Waals surface area contributed by atoms with Crippen LogP contribution in [-0.2, 0) is 5.41 Å². The molecule has 0 aliphatic heterocycles. The topological polar surface area (TPSA) is 12.0 Å². The van der Waals surface area contributed by atoms with E-state index in [0.29, 0.717) is 11.5 Å². The van der Waals surface area contributed by atoms with E-state index < -0.39 is 0 Å². The van der Waals surface area contributed by atoms with Crippen molar-refractivity contribution in [1.29, 1.82) is 0 Å². The van der Waals surface area contributed by atoms with E-state index in [1.54, 1.807) is 0 Å². The Balaban J connectivity index is 2.00. The highest BCUT2D eigenvalue weighted by molar-refractivity contribution is 7.10. The molecule has 18 heavy (non-hydrogen) atoms. The molecule has 1 unspecified atom stereocenters. The van der Waals surface area contributed by atoms with Gasteiger partial charge >= 0.3 is 0 Å². The third kappa shape index (κ3) is 1.80. The molecule has 0 spiro atoms. The molecule has 0 saturated heterocycles. The zero-order valence-electron chi connectivity index (χ0n) is 10.9. The van der Waals surface area contributed by atoms with E-state index in [1.165, 1.54) is 28.8 Å². The molecule has 2 heteroatoms. The molecule has 1 aromatic carbocycles. The summed E-state index contributed by atoms with van der Waals surface area (Å²) in [7, 11) is 2.09. The Kier molecular flexibility index (Phi) is 3.00. The Bertz CT molecular complexity index is 525. The van der Waals surface area contributed by atoms with Crippen LogP contribution < -0.4 is 5.32 Å². The van der Waals surface area contributed by atoms with Crippen LogP contribution in [0.2, 0.25) is 0 Å². The predicted octanol–water partition coefficient (Wildman–Crippen LogP) is 4.05. The van der Waals surface area contributed by atoms with E-state index in [4.69, 9.17) is 0 Å². The largest absolute Gasteiger partial charge is 0.312 e. The van der Waals surface area contributed by atoms with Gasteiger partial charge in [0.15, 0.2) is 0 Å². The molecule has 0 amide bonds. The van der Waals surface area contributed by atoms with Gasteiger partial charge in [-0.25, -0.2) is 0 Å². The van der Waals surface area contributed by atoms with Crippen LogP contribution in [0.3, 0.4) is 0 Å². The van der Waals surface area contributed by atoms with Crippen molar-refractivity contribution in [1.82, 2.24) is 5.32 Å². The van der Waals surface area contributed by atoms with Crippen molar-refractivity contribution in [2.75, 3.05) is 7.05 Å². The van der Waals surface area contributed by atoms with Crippen LogP contribution in [0, 0.1) is 6.92 Å². The van der Waals surface area contributed by atoms with Gasteiger partial charge in [0.2, 0.25) is 0 Å². The first-order valence-electron chi connectivity index (χ1n) is 6.55. The monoisotopic (exact) mass is 257 g/mol. The molecule has 3 rings (SSSR count). The molecule has 2 aromatic rings. The first-order valence-corrected chi connectivity index (χ1v) is 7.43. The fraction of sp³-hybridized carbons (Fsp3) is 0.375. The molecular weight excluding hydrogens is 238 g/mol. The minimum Gasteiger partial charge on any atom is -0.312 e. The third-order valence-electron chi connectivity index (χ3n) is 4.19. The lowest BCUT2D eigenvalue weighted by atomic mass is 9.84. The summed E-state index contributed by atoms with van der Waals surface area (Å²) in [6.45, 7) is 2.23. The van der Waals surface area contributed by atoms with E-state index >= 15 is 0 Å². The second-order valence-electron chi connectivity index (χ2n) is 5.18. The average molecular weight is 257 g/mol. The fourth-order valence-electron chi connectivity index (χ4n) is 3.07. The summed E-state index contributed by atoms with van der Waals surface area (Å²) in [5.41, 5.74) is 3.28. The Morgan fingerprint density at radius 1 is 1.17 bits per heavy atom. The summed E-state index contributed by atoms with van der Waals surface area (Å²) in [4.78, 5) is 1.44. The van der Waals surface area contributed by atoms with Gasteiger partial charge in [0.05, 0.1) is 0 Å². The number of likely N-dealkylation sites (N-methyl/N-ethyl adjacent to an activating group) is 1. The molecule has 0 bridgehead atoms. The Morgan fingerprint density at radius 2 is 1.89 bits per heavy atom. The Hall–Kier alpha value is -1.12. The van der Waals surface area contributed by atoms with Crippen LogP contribution in [0.5, 0.6) is 0 Å². The van der Waals surface area contributed by atoms with Gasteiger partial charge in [-0.2, -0.15) is 0 Å². The molecule has 1 nitrogen and oxygen atoms in total. The summed E-state index contributed by atoms with van der Waals surface area (Å²) in [6, 6.07) is 13.7. The number of thiophene rings is 1. The number of aryl methyl sites for hydroxylation is 1. The smallest absolute Gasteiger partial charge is 0.0426 e. The molecule has 1 heterocycles. The zero-order chi connectivity index (χ0) is 12.6. The van der Waals surface area contributed by atoms with Gasteiger partial charge in [-0.05, 0) is 49.4 Å². The number of nitrogens with one attached hydrogen (secondary N) is 1. The van der Waals surface area contributed by atoms with Crippen LogP contribution >= 0.6 is 11.3 Å². The minimum absolute atomic E-state index is 0.321. The van der Waals surface area contributed by atoms with Gasteiger partial charge in [0.25, 0.3) is 0 Å². The quantitative estimate of drug-likeness (QED) is 0.871. The van der Waals surface area contributed by atoms with Gasteiger partial charge in [-0.15, -0.1) is 11.3 Å². The standard InChI is InChI=1S/C16H19NS/c1-12-14(8-11-18-12)15(17-2)16(9-10-16)13-6-4-3-5-7-13/h3-8,11,15,17H,9-10H2,1-2H3. The van der Waals surface area contributed by atoms with Gasteiger partial charge < -0.3 is 5.32 Å². The molecular formula is C16H19NS. The second-order valence-corrected chi connectivity index (χ2v) is 6.30. The normalized spacial score (nSPS) is 18.6. The molecule has 1 atom stereocenters. The van der Waals surface area contributed by atoms with E-state index in [-0.39, 0.29) is 0 Å². The lowest BCUT2D eigenvalue weighted by molar-refractivity contribution is 0.463. The van der Waals surface area contributed by atoms with Gasteiger partial charge in [-0.3, -0.25) is 0 Å². The van der Waals surface area contributed by atoms with Crippen molar-refractivity contribution in [3.63, 3.8) is 0 Å². The van der Waals surface area contributed by atoms with Gasteiger partial charge in [-0.1, -0.05) is 30.3 Å². The predicted molar refractivity (Wildman–Crippen MR) is 78.2 cm³/mol. The van der Waals surface area contributed by atoms with E-state index in [9.17, 15) is 0 Å². The van der Waals surface area contributed by atoms with Crippen molar-refractivity contribution in [2.45, 2.75) is 31.2 Å². The first kappa shape index (κ1) is 11.9. The van der Waals surface area contributed by atoms with Crippen molar-refractivity contribution in [3.05, 3.63) is 57.8 Å². The van der Waals surface area contributed by atoms with Crippen LogP contribution in [0.25, 0.3) is 0 Å². The highest BCUT2D eigenvalue weighted by Crippen LogP contribution is 2.57. The van der Waals surface area contributed by atoms with Gasteiger partial charge in [0, 0.05) is 16.3 Å². The molecule has 1 aliphatic rings. The highest BCUT2D eigenvalue weighted by atomic mass is 32.1. The van der Waals surface area contributed by atoms with Crippen LogP contribution in [0.15, 0.2) is 41.8 Å². The number of rotatable bonds is 4. The molecule has 1 fully saturated rings. The lowest BCUT2D eigenvalue weighted by Gasteiger charge is -2.27.